The summed E-state index contributed by atoms with van der Waals surface area (Å²) < 4.78 is 0. The molecule has 2 amide bonds. The van der Waals surface area contributed by atoms with Gasteiger partial charge in [0.25, 0.3) is 0 Å². The van der Waals surface area contributed by atoms with Crippen molar-refractivity contribution in [3.05, 3.63) is 18.2 Å². The Hall–Kier alpha value is -0.730. The van der Waals surface area contributed by atoms with E-state index in [4.69, 9.17) is 0 Å². The normalized spacial score (nSPS) is 10.9. The summed E-state index contributed by atoms with van der Waals surface area (Å²) >= 11 is 1.83. The Morgan fingerprint density at radius 2 is 2.05 bits per heavy atom. The minimum atomic E-state index is -0.250. The summed E-state index contributed by atoms with van der Waals surface area (Å²) in [6.07, 6.45) is 0. The summed E-state index contributed by atoms with van der Waals surface area (Å²) in [5, 5.41) is 7.04. The Balaban J connectivity index is 2.90. The molecule has 0 unspecified atom stereocenters. The maximum Gasteiger partial charge on any atom is 0.319 e. The second-order valence-corrected chi connectivity index (χ2v) is 8.37. The monoisotopic (exact) mass is 298 g/mol. The Kier molecular flexibility index (Phi) is 6.67. The van der Waals surface area contributed by atoms with Crippen LogP contribution in [0.2, 0.25) is 0 Å². The number of hydrogen-bond acceptors (Lipinski definition) is 2. The second kappa shape index (κ2) is 7.76. The maximum atomic E-state index is 11.8. The summed E-state index contributed by atoms with van der Waals surface area (Å²) in [5.41, 5.74) is 0.926. The SMILES string of the molecule is CCSc1ccc(NC(=O)NC(C)C)c(P(C)C)c1. The van der Waals surface area contributed by atoms with Crippen LogP contribution in [0.5, 0.6) is 0 Å². The van der Waals surface area contributed by atoms with Crippen LogP contribution >= 0.6 is 19.7 Å². The van der Waals surface area contributed by atoms with Crippen molar-refractivity contribution in [3.8, 4) is 0 Å². The van der Waals surface area contributed by atoms with Crippen molar-refractivity contribution in [3.63, 3.8) is 0 Å². The van der Waals surface area contributed by atoms with Crippen molar-refractivity contribution in [2.24, 2.45) is 0 Å². The van der Waals surface area contributed by atoms with Crippen LogP contribution in [0, 0.1) is 0 Å². The van der Waals surface area contributed by atoms with Gasteiger partial charge >= 0.3 is 6.03 Å². The Labute approximate surface area is 121 Å². The van der Waals surface area contributed by atoms with Crippen LogP contribution in [0.1, 0.15) is 20.8 Å². The first-order valence-corrected chi connectivity index (χ1v) is 9.68. The zero-order valence-corrected chi connectivity index (χ0v) is 14.0. The molecule has 1 aromatic rings. The van der Waals surface area contributed by atoms with Crippen molar-refractivity contribution in [1.82, 2.24) is 5.32 Å². The minimum Gasteiger partial charge on any atom is -0.336 e. The summed E-state index contributed by atoms with van der Waals surface area (Å²) in [6.45, 7) is 10.5. The molecule has 0 aliphatic carbocycles. The van der Waals surface area contributed by atoms with E-state index >= 15 is 0 Å². The molecule has 0 aliphatic rings. The molecule has 1 rings (SSSR count). The molecule has 2 N–H and O–H groups in total. The molecule has 0 heterocycles. The molecule has 0 fully saturated rings. The number of carbonyl (C=O) groups is 1. The average molecular weight is 298 g/mol. The molecule has 0 saturated heterocycles. The van der Waals surface area contributed by atoms with Gasteiger partial charge in [-0.25, -0.2) is 4.79 Å². The van der Waals surface area contributed by atoms with Crippen LogP contribution in [0.15, 0.2) is 23.1 Å². The van der Waals surface area contributed by atoms with Gasteiger partial charge in [-0.15, -0.1) is 11.8 Å². The fourth-order valence-electron chi connectivity index (χ4n) is 1.66. The predicted molar refractivity (Wildman–Crippen MR) is 88.5 cm³/mol. The number of amides is 2. The van der Waals surface area contributed by atoms with Crippen LogP contribution < -0.4 is 15.9 Å². The van der Waals surface area contributed by atoms with Crippen LogP contribution in [-0.4, -0.2) is 31.2 Å². The van der Waals surface area contributed by atoms with Crippen molar-refractivity contribution < 1.29 is 4.79 Å². The fraction of sp³-hybridized carbons (Fsp3) is 0.500. The van der Waals surface area contributed by atoms with Crippen LogP contribution in [-0.2, 0) is 0 Å². The third kappa shape index (κ3) is 5.42. The Morgan fingerprint density at radius 3 is 2.58 bits per heavy atom. The highest BCUT2D eigenvalue weighted by Crippen LogP contribution is 2.31. The molecule has 0 atom stereocenters. The highest BCUT2D eigenvalue weighted by atomic mass is 32.2. The first-order valence-electron chi connectivity index (χ1n) is 6.45. The van der Waals surface area contributed by atoms with Crippen LogP contribution in [0.25, 0.3) is 0 Å². The van der Waals surface area contributed by atoms with Gasteiger partial charge in [-0.2, -0.15) is 0 Å². The molecule has 19 heavy (non-hydrogen) atoms. The smallest absolute Gasteiger partial charge is 0.319 e. The van der Waals surface area contributed by atoms with E-state index < -0.39 is 0 Å². The highest BCUT2D eigenvalue weighted by molar-refractivity contribution is 7.99. The number of anilines is 1. The topological polar surface area (TPSA) is 41.1 Å². The van der Waals surface area contributed by atoms with Gasteiger partial charge in [-0.05, 0) is 51.1 Å². The van der Waals surface area contributed by atoms with Crippen molar-refractivity contribution in [1.29, 1.82) is 0 Å². The van der Waals surface area contributed by atoms with E-state index in [-0.39, 0.29) is 20.0 Å². The lowest BCUT2D eigenvalue weighted by Crippen LogP contribution is -2.35. The Morgan fingerprint density at radius 1 is 1.37 bits per heavy atom. The van der Waals surface area contributed by atoms with Crippen LogP contribution in [0.4, 0.5) is 10.5 Å². The minimum absolute atomic E-state index is 0.135. The van der Waals surface area contributed by atoms with E-state index in [9.17, 15) is 4.79 Å². The molecule has 106 valence electrons. The molecule has 0 radical (unpaired) electrons. The number of urea groups is 1. The summed E-state index contributed by atoms with van der Waals surface area (Å²) in [7, 11) is -0.250. The standard InChI is InChI=1S/C14H23N2OPS/c1-6-19-11-7-8-12(13(9-11)18(4)5)16-14(17)15-10(2)3/h7-10H,6H2,1-5H3,(H2,15,16,17). The third-order valence-electron chi connectivity index (χ3n) is 2.43. The van der Waals surface area contributed by atoms with Gasteiger partial charge in [0, 0.05) is 16.2 Å². The van der Waals surface area contributed by atoms with Gasteiger partial charge in [-0.1, -0.05) is 14.8 Å². The first kappa shape index (κ1) is 16.3. The summed E-state index contributed by atoms with van der Waals surface area (Å²) in [4.78, 5) is 13.1. The van der Waals surface area contributed by atoms with E-state index in [1.807, 2.05) is 31.7 Å². The average Bonchev–Trinajstić information content (AvgIpc) is 2.30. The van der Waals surface area contributed by atoms with E-state index in [2.05, 4.69) is 43.0 Å². The molecule has 5 heteroatoms. The quantitative estimate of drug-likeness (QED) is 0.643. The van der Waals surface area contributed by atoms with E-state index in [0.29, 0.717) is 0 Å². The van der Waals surface area contributed by atoms with Crippen molar-refractivity contribution in [2.75, 3.05) is 24.4 Å². The molecule has 0 aliphatic heterocycles. The molecule has 0 spiro atoms. The predicted octanol–water partition coefficient (Wildman–Crippen LogP) is 3.70. The number of benzene rings is 1. The first-order chi connectivity index (χ1) is 8.93. The lowest BCUT2D eigenvalue weighted by molar-refractivity contribution is 0.250. The third-order valence-corrected chi connectivity index (χ3v) is 4.64. The number of rotatable bonds is 5. The van der Waals surface area contributed by atoms with Gasteiger partial charge < -0.3 is 10.6 Å². The van der Waals surface area contributed by atoms with E-state index in [1.165, 1.54) is 10.2 Å². The number of thioether (sulfide) groups is 1. The van der Waals surface area contributed by atoms with E-state index in [0.717, 1.165) is 11.4 Å². The molecular weight excluding hydrogens is 275 g/mol. The van der Waals surface area contributed by atoms with Gasteiger partial charge in [-0.3, -0.25) is 0 Å². The van der Waals surface area contributed by atoms with Gasteiger partial charge in [0.2, 0.25) is 0 Å². The zero-order chi connectivity index (χ0) is 14.4. The lowest BCUT2D eigenvalue weighted by Gasteiger charge is -2.17. The van der Waals surface area contributed by atoms with Crippen molar-refractivity contribution in [2.45, 2.75) is 31.7 Å². The lowest BCUT2D eigenvalue weighted by atomic mass is 10.3. The van der Waals surface area contributed by atoms with Gasteiger partial charge in [0.1, 0.15) is 0 Å². The fourth-order valence-corrected chi connectivity index (χ4v) is 3.46. The molecule has 0 saturated carbocycles. The maximum absolute atomic E-state index is 11.8. The number of carbonyl (C=O) groups excluding carboxylic acids is 1. The molecule has 3 nitrogen and oxygen atoms in total. The molecule has 0 bridgehead atoms. The highest BCUT2D eigenvalue weighted by Gasteiger charge is 2.11. The van der Waals surface area contributed by atoms with Crippen LogP contribution in [0.3, 0.4) is 0 Å². The zero-order valence-electron chi connectivity index (χ0n) is 12.3. The number of nitrogens with one attached hydrogen (secondary N) is 2. The van der Waals surface area contributed by atoms with Crippen molar-refractivity contribution >= 4 is 36.7 Å². The number of hydrogen-bond donors (Lipinski definition) is 2. The summed E-state index contributed by atoms with van der Waals surface area (Å²) in [5.74, 6) is 1.06. The summed E-state index contributed by atoms with van der Waals surface area (Å²) in [6, 6.07) is 6.29. The Bertz CT molecular complexity index is 435. The molecule has 1 aromatic carbocycles. The molecular formula is C14H23N2OPS. The van der Waals surface area contributed by atoms with Gasteiger partial charge in [0.15, 0.2) is 0 Å². The largest absolute Gasteiger partial charge is 0.336 e. The van der Waals surface area contributed by atoms with Gasteiger partial charge in [0.05, 0.1) is 5.69 Å². The second-order valence-electron chi connectivity index (χ2n) is 4.76. The van der Waals surface area contributed by atoms with E-state index in [1.54, 1.807) is 0 Å². The molecule has 0 aromatic heterocycles.